The number of methoxy groups -OCH3 is 1. The van der Waals surface area contributed by atoms with Gasteiger partial charge in [-0.25, -0.2) is 4.79 Å². The molecule has 42 heavy (non-hydrogen) atoms. The fraction of sp³-hybridized carbons (Fsp3) is 0.893. The van der Waals surface area contributed by atoms with E-state index in [0.29, 0.717) is 152 Å². The van der Waals surface area contributed by atoms with Crippen molar-refractivity contribution in [3.8, 4) is 12.3 Å². The van der Waals surface area contributed by atoms with Crippen molar-refractivity contribution in [2.45, 2.75) is 0 Å². The molecule has 0 saturated carbocycles. The van der Waals surface area contributed by atoms with Crippen LogP contribution in [0.4, 0.5) is 0 Å². The molecule has 0 heterocycles. The van der Waals surface area contributed by atoms with Crippen molar-refractivity contribution in [2.24, 2.45) is 0 Å². The number of carbonyl (C=O) groups excluding carboxylic acids is 1. The molecule has 0 aliphatic rings. The van der Waals surface area contributed by atoms with E-state index in [-0.39, 0.29) is 6.61 Å². The molecule has 0 spiro atoms. The molecule has 0 amide bonds. The minimum Gasteiger partial charge on any atom is -0.467 e. The van der Waals surface area contributed by atoms with Crippen molar-refractivity contribution in [1.82, 2.24) is 0 Å². The SMILES string of the molecule is C#CCOCCOCCOCCOCCOCCOCCOCCOCCOCCOCCOCCOCC(=O)OC. The smallest absolute Gasteiger partial charge is 0.331 e. The highest BCUT2D eigenvalue weighted by molar-refractivity contribution is 5.70. The first-order chi connectivity index (χ1) is 20.8. The highest BCUT2D eigenvalue weighted by atomic mass is 16.6. The fourth-order valence-corrected chi connectivity index (χ4v) is 2.66. The third kappa shape index (κ3) is 36.6. The summed E-state index contributed by atoms with van der Waals surface area (Å²) in [5.41, 5.74) is 0. The maximum absolute atomic E-state index is 10.8. The van der Waals surface area contributed by atoms with Crippen LogP contribution in [-0.2, 0) is 66.4 Å². The molecule has 0 atom stereocenters. The number of ether oxygens (including phenoxy) is 13. The third-order valence-electron chi connectivity index (χ3n) is 4.73. The van der Waals surface area contributed by atoms with Crippen LogP contribution in [0.25, 0.3) is 0 Å². The Morgan fingerprint density at radius 3 is 0.833 bits per heavy atom. The molecule has 0 saturated heterocycles. The molecule has 0 aliphatic carbocycles. The Balaban J connectivity index is 3.04. The van der Waals surface area contributed by atoms with Crippen LogP contribution in [0.3, 0.4) is 0 Å². The minimum absolute atomic E-state index is 0.0713. The van der Waals surface area contributed by atoms with E-state index >= 15 is 0 Å². The van der Waals surface area contributed by atoms with E-state index < -0.39 is 5.97 Å². The second kappa shape index (κ2) is 37.6. The Hall–Kier alpha value is -1.45. The first-order valence-corrected chi connectivity index (χ1v) is 14.2. The van der Waals surface area contributed by atoms with E-state index in [1.54, 1.807) is 0 Å². The van der Waals surface area contributed by atoms with Gasteiger partial charge in [-0.2, -0.15) is 0 Å². The fourth-order valence-electron chi connectivity index (χ4n) is 2.66. The van der Waals surface area contributed by atoms with Crippen LogP contribution in [0.1, 0.15) is 0 Å². The number of hydrogen-bond acceptors (Lipinski definition) is 14. The van der Waals surface area contributed by atoms with Crippen molar-refractivity contribution >= 4 is 5.97 Å². The molecule has 0 fully saturated rings. The summed E-state index contributed by atoms with van der Waals surface area (Å²) in [6, 6.07) is 0. The van der Waals surface area contributed by atoms with Gasteiger partial charge in [0.15, 0.2) is 0 Å². The summed E-state index contributed by atoms with van der Waals surface area (Å²) >= 11 is 0. The summed E-state index contributed by atoms with van der Waals surface area (Å²) in [4.78, 5) is 10.8. The van der Waals surface area contributed by atoms with Gasteiger partial charge < -0.3 is 61.6 Å². The molecule has 0 unspecified atom stereocenters. The standard InChI is InChI=1S/C28H52O14/c1-3-4-31-5-6-32-7-8-33-9-10-34-11-12-35-13-14-36-15-16-37-17-18-38-19-20-39-21-22-40-23-24-41-25-26-42-27-28(29)30-2/h1H,4-27H2,2H3. The van der Waals surface area contributed by atoms with Gasteiger partial charge >= 0.3 is 5.97 Å². The van der Waals surface area contributed by atoms with Gasteiger partial charge in [0.2, 0.25) is 0 Å². The summed E-state index contributed by atoms with van der Waals surface area (Å²) < 4.78 is 68.7. The van der Waals surface area contributed by atoms with Crippen LogP contribution in [0.2, 0.25) is 0 Å². The summed E-state index contributed by atoms with van der Waals surface area (Å²) in [5.74, 6) is 1.98. The summed E-state index contributed by atoms with van der Waals surface area (Å²) in [6.07, 6.45) is 5.07. The van der Waals surface area contributed by atoms with E-state index in [2.05, 4.69) is 10.7 Å². The molecule has 0 rings (SSSR count). The lowest BCUT2D eigenvalue weighted by Gasteiger charge is -2.09. The molecule has 248 valence electrons. The molecular formula is C28H52O14. The van der Waals surface area contributed by atoms with Gasteiger partial charge in [-0.3, -0.25) is 0 Å². The van der Waals surface area contributed by atoms with E-state index in [9.17, 15) is 4.79 Å². The largest absolute Gasteiger partial charge is 0.467 e. The van der Waals surface area contributed by atoms with Crippen LogP contribution in [0.15, 0.2) is 0 Å². The topological polar surface area (TPSA) is 137 Å². The zero-order chi connectivity index (χ0) is 30.4. The Morgan fingerprint density at radius 1 is 0.405 bits per heavy atom. The molecule has 14 nitrogen and oxygen atoms in total. The predicted molar refractivity (Wildman–Crippen MR) is 151 cm³/mol. The van der Waals surface area contributed by atoms with Gasteiger partial charge in [0.05, 0.1) is 152 Å². The lowest BCUT2D eigenvalue weighted by atomic mass is 10.6. The predicted octanol–water partition coefficient (Wildman–Crippen LogP) is -0.00820. The molecule has 0 aliphatic heterocycles. The number of rotatable bonds is 36. The van der Waals surface area contributed by atoms with Crippen LogP contribution in [-0.4, -0.2) is 172 Å². The second-order valence-electron chi connectivity index (χ2n) is 8.01. The molecule has 0 aromatic heterocycles. The van der Waals surface area contributed by atoms with Crippen LogP contribution in [0.5, 0.6) is 0 Å². The Labute approximate surface area is 250 Å². The average Bonchev–Trinajstić information content (AvgIpc) is 3.00. The molecular weight excluding hydrogens is 560 g/mol. The van der Waals surface area contributed by atoms with E-state index in [1.807, 2.05) is 0 Å². The van der Waals surface area contributed by atoms with Gasteiger partial charge in [-0.05, 0) is 0 Å². The summed E-state index contributed by atoms with van der Waals surface area (Å²) in [5, 5.41) is 0. The Kier molecular flexibility index (Phi) is 36.3. The minimum atomic E-state index is -0.409. The highest BCUT2D eigenvalue weighted by Crippen LogP contribution is 1.87. The maximum atomic E-state index is 10.8. The lowest BCUT2D eigenvalue weighted by molar-refractivity contribution is -0.146. The Bertz CT molecular complexity index is 575. The van der Waals surface area contributed by atoms with E-state index in [4.69, 9.17) is 63.3 Å². The normalized spacial score (nSPS) is 11.1. The number of hydrogen-bond donors (Lipinski definition) is 0. The van der Waals surface area contributed by atoms with Gasteiger partial charge in [0.1, 0.15) is 13.2 Å². The third-order valence-corrected chi connectivity index (χ3v) is 4.73. The highest BCUT2D eigenvalue weighted by Gasteiger charge is 1.99. The van der Waals surface area contributed by atoms with Crippen molar-refractivity contribution in [2.75, 3.05) is 166 Å². The Morgan fingerprint density at radius 2 is 0.619 bits per heavy atom. The first kappa shape index (κ1) is 40.5. The second-order valence-corrected chi connectivity index (χ2v) is 8.01. The van der Waals surface area contributed by atoms with Crippen LogP contribution >= 0.6 is 0 Å². The molecule has 0 radical (unpaired) electrons. The van der Waals surface area contributed by atoms with Gasteiger partial charge in [0, 0.05) is 0 Å². The van der Waals surface area contributed by atoms with Crippen molar-refractivity contribution < 1.29 is 66.4 Å². The van der Waals surface area contributed by atoms with Gasteiger partial charge in [-0.1, -0.05) is 5.92 Å². The lowest BCUT2D eigenvalue weighted by Crippen LogP contribution is -2.16. The monoisotopic (exact) mass is 612 g/mol. The van der Waals surface area contributed by atoms with Crippen molar-refractivity contribution in [1.29, 1.82) is 0 Å². The number of terminal acetylenes is 1. The summed E-state index contributed by atoms with van der Waals surface area (Å²) in [6.45, 7) is 10.8. The molecule has 0 N–H and O–H groups in total. The van der Waals surface area contributed by atoms with E-state index in [0.717, 1.165) is 0 Å². The van der Waals surface area contributed by atoms with Gasteiger partial charge in [0.25, 0.3) is 0 Å². The first-order valence-electron chi connectivity index (χ1n) is 14.2. The molecule has 0 aromatic carbocycles. The zero-order valence-electron chi connectivity index (χ0n) is 25.3. The average molecular weight is 613 g/mol. The van der Waals surface area contributed by atoms with Crippen LogP contribution in [0, 0.1) is 12.3 Å². The van der Waals surface area contributed by atoms with Crippen molar-refractivity contribution in [3.05, 3.63) is 0 Å². The maximum Gasteiger partial charge on any atom is 0.331 e. The van der Waals surface area contributed by atoms with Crippen LogP contribution < -0.4 is 0 Å². The zero-order valence-corrected chi connectivity index (χ0v) is 25.3. The number of esters is 1. The summed E-state index contributed by atoms with van der Waals surface area (Å²) in [7, 11) is 1.31. The van der Waals surface area contributed by atoms with Gasteiger partial charge in [-0.15, -0.1) is 6.42 Å². The molecule has 14 heteroatoms. The molecule has 0 aromatic rings. The van der Waals surface area contributed by atoms with Crippen molar-refractivity contribution in [3.63, 3.8) is 0 Å². The quantitative estimate of drug-likeness (QED) is 0.0533. The number of carbonyl (C=O) groups is 1. The molecule has 0 bridgehead atoms. The van der Waals surface area contributed by atoms with E-state index in [1.165, 1.54) is 7.11 Å².